The number of hydrogen-bond acceptors (Lipinski definition) is 5. The maximum absolute atomic E-state index is 12.7. The van der Waals surface area contributed by atoms with Gasteiger partial charge in [0.1, 0.15) is 16.7 Å². The zero-order chi connectivity index (χ0) is 17.6. The number of H-pyrrole nitrogens is 1. The van der Waals surface area contributed by atoms with E-state index >= 15 is 0 Å². The SMILES string of the molecule is N#CC1CN(C(=O)[C@H](NC(=O)c2c[nH]c3ncc(Cl)nc23)C2CC2)C1. The molecule has 1 aliphatic heterocycles. The summed E-state index contributed by atoms with van der Waals surface area (Å²) in [7, 11) is 0. The van der Waals surface area contributed by atoms with Crippen molar-refractivity contribution in [1.29, 1.82) is 5.26 Å². The first-order valence-corrected chi connectivity index (χ1v) is 8.43. The van der Waals surface area contributed by atoms with Crippen molar-refractivity contribution in [3.63, 3.8) is 0 Å². The average Bonchev–Trinajstić information content (AvgIpc) is 3.30. The van der Waals surface area contributed by atoms with Gasteiger partial charge < -0.3 is 15.2 Å². The minimum Gasteiger partial charge on any atom is -0.344 e. The number of rotatable bonds is 4. The van der Waals surface area contributed by atoms with E-state index in [2.05, 4.69) is 26.3 Å². The molecular weight excluding hydrogens is 344 g/mol. The van der Waals surface area contributed by atoms with Crippen LogP contribution in [0.15, 0.2) is 12.4 Å². The van der Waals surface area contributed by atoms with E-state index in [-0.39, 0.29) is 28.8 Å². The van der Waals surface area contributed by atoms with Gasteiger partial charge in [-0.15, -0.1) is 0 Å². The Kier molecular flexibility index (Phi) is 3.81. The van der Waals surface area contributed by atoms with E-state index in [0.29, 0.717) is 29.8 Å². The molecule has 2 aromatic rings. The smallest absolute Gasteiger partial charge is 0.255 e. The molecule has 2 N–H and O–H groups in total. The molecule has 1 atom stereocenters. The third kappa shape index (κ3) is 2.91. The monoisotopic (exact) mass is 358 g/mol. The summed E-state index contributed by atoms with van der Waals surface area (Å²) in [5.74, 6) is -0.459. The lowest BCUT2D eigenvalue weighted by atomic mass is 9.99. The molecule has 1 aliphatic carbocycles. The van der Waals surface area contributed by atoms with Crippen LogP contribution in [0.3, 0.4) is 0 Å². The maximum Gasteiger partial charge on any atom is 0.255 e. The highest BCUT2D eigenvalue weighted by Crippen LogP contribution is 2.34. The van der Waals surface area contributed by atoms with Gasteiger partial charge in [-0.2, -0.15) is 5.26 Å². The first kappa shape index (κ1) is 15.8. The summed E-state index contributed by atoms with van der Waals surface area (Å²) in [5, 5.41) is 11.9. The molecule has 128 valence electrons. The number of hydrogen-bond donors (Lipinski definition) is 2. The van der Waals surface area contributed by atoms with E-state index in [4.69, 9.17) is 16.9 Å². The van der Waals surface area contributed by atoms with E-state index in [0.717, 1.165) is 12.8 Å². The van der Waals surface area contributed by atoms with Crippen molar-refractivity contribution >= 4 is 34.6 Å². The Balaban J connectivity index is 1.52. The molecule has 2 fully saturated rings. The van der Waals surface area contributed by atoms with Crippen LogP contribution in [0.1, 0.15) is 23.2 Å². The largest absolute Gasteiger partial charge is 0.344 e. The zero-order valence-corrected chi connectivity index (χ0v) is 14.0. The third-order valence-electron chi connectivity index (χ3n) is 4.62. The first-order valence-electron chi connectivity index (χ1n) is 8.05. The molecule has 1 saturated heterocycles. The zero-order valence-electron chi connectivity index (χ0n) is 13.2. The second-order valence-electron chi connectivity index (χ2n) is 6.45. The number of aromatic nitrogens is 3. The topological polar surface area (TPSA) is 115 Å². The predicted molar refractivity (Wildman–Crippen MR) is 88.6 cm³/mol. The van der Waals surface area contributed by atoms with Crippen LogP contribution in [0.25, 0.3) is 11.2 Å². The standard InChI is InChI=1S/C16H15ClN6O2/c17-11-5-20-14-13(21-11)10(4-19-14)15(24)22-12(9-1-2-9)16(25)23-6-8(3-18)7-23/h4-5,8-9,12H,1-2,6-7H2,(H,19,20)(H,22,24)/t12-/m1/s1. The van der Waals surface area contributed by atoms with Crippen LogP contribution in [-0.2, 0) is 4.79 Å². The number of aromatic amines is 1. The lowest BCUT2D eigenvalue weighted by Crippen LogP contribution is -2.57. The van der Waals surface area contributed by atoms with Gasteiger partial charge in [-0.25, -0.2) is 9.97 Å². The van der Waals surface area contributed by atoms with E-state index in [1.807, 2.05) is 0 Å². The summed E-state index contributed by atoms with van der Waals surface area (Å²) in [6, 6.07) is 1.58. The minimum atomic E-state index is -0.566. The second kappa shape index (κ2) is 6.01. The number of halogens is 1. The summed E-state index contributed by atoms with van der Waals surface area (Å²) >= 11 is 5.86. The van der Waals surface area contributed by atoms with Gasteiger partial charge in [-0.3, -0.25) is 9.59 Å². The van der Waals surface area contributed by atoms with Crippen LogP contribution >= 0.6 is 11.6 Å². The normalized spacial score (nSPS) is 18.5. The molecule has 0 radical (unpaired) electrons. The molecule has 2 amide bonds. The first-order chi connectivity index (χ1) is 12.1. The van der Waals surface area contributed by atoms with Crippen molar-refractivity contribution in [2.24, 2.45) is 11.8 Å². The van der Waals surface area contributed by atoms with Gasteiger partial charge in [-0.1, -0.05) is 11.6 Å². The van der Waals surface area contributed by atoms with Gasteiger partial charge in [0.05, 0.1) is 23.7 Å². The minimum absolute atomic E-state index is 0.106. The van der Waals surface area contributed by atoms with Crippen LogP contribution in [0, 0.1) is 23.2 Å². The van der Waals surface area contributed by atoms with Crippen LogP contribution in [0.2, 0.25) is 5.15 Å². The van der Waals surface area contributed by atoms with Gasteiger partial charge in [0.15, 0.2) is 5.65 Å². The molecule has 25 heavy (non-hydrogen) atoms. The van der Waals surface area contributed by atoms with Crippen molar-refractivity contribution in [3.8, 4) is 6.07 Å². The Morgan fingerprint density at radius 2 is 2.20 bits per heavy atom. The van der Waals surface area contributed by atoms with Crippen LogP contribution in [0.4, 0.5) is 0 Å². The Bertz CT molecular complexity index is 894. The van der Waals surface area contributed by atoms with E-state index < -0.39 is 6.04 Å². The quantitative estimate of drug-likeness (QED) is 0.849. The highest BCUT2D eigenvalue weighted by molar-refractivity contribution is 6.29. The van der Waals surface area contributed by atoms with E-state index in [1.165, 1.54) is 12.4 Å². The summed E-state index contributed by atoms with van der Waals surface area (Å²) < 4.78 is 0. The highest BCUT2D eigenvalue weighted by Gasteiger charge is 2.42. The number of fused-ring (bicyclic) bond motifs is 1. The Morgan fingerprint density at radius 3 is 2.88 bits per heavy atom. The summed E-state index contributed by atoms with van der Waals surface area (Å²) in [6.07, 6.45) is 4.73. The molecule has 2 aliphatic rings. The number of nitrogens with zero attached hydrogens (tertiary/aromatic N) is 4. The van der Waals surface area contributed by atoms with E-state index in [1.54, 1.807) is 4.90 Å². The summed E-state index contributed by atoms with van der Waals surface area (Å²) in [5.41, 5.74) is 1.14. The molecular formula is C16H15ClN6O2. The van der Waals surface area contributed by atoms with Crippen LogP contribution in [-0.4, -0.2) is 50.8 Å². The number of carbonyl (C=O) groups is 2. The number of nitriles is 1. The molecule has 0 bridgehead atoms. The lowest BCUT2D eigenvalue weighted by Gasteiger charge is -2.37. The third-order valence-corrected chi connectivity index (χ3v) is 4.80. The number of likely N-dealkylation sites (tertiary alicyclic amines) is 1. The lowest BCUT2D eigenvalue weighted by molar-refractivity contribution is -0.138. The molecule has 8 nitrogen and oxygen atoms in total. The Hall–Kier alpha value is -2.66. The van der Waals surface area contributed by atoms with Crippen LogP contribution in [0.5, 0.6) is 0 Å². The molecule has 3 heterocycles. The average molecular weight is 359 g/mol. The van der Waals surface area contributed by atoms with Crippen molar-refractivity contribution in [2.75, 3.05) is 13.1 Å². The Labute approximate surface area is 148 Å². The molecule has 2 aromatic heterocycles. The van der Waals surface area contributed by atoms with Gasteiger partial charge in [0, 0.05) is 19.3 Å². The van der Waals surface area contributed by atoms with Gasteiger partial charge in [-0.05, 0) is 18.8 Å². The van der Waals surface area contributed by atoms with Gasteiger partial charge >= 0.3 is 0 Å². The second-order valence-corrected chi connectivity index (χ2v) is 6.84. The van der Waals surface area contributed by atoms with Crippen molar-refractivity contribution in [2.45, 2.75) is 18.9 Å². The molecule has 0 aromatic carbocycles. The van der Waals surface area contributed by atoms with Gasteiger partial charge in [0.2, 0.25) is 5.91 Å². The van der Waals surface area contributed by atoms with E-state index in [9.17, 15) is 9.59 Å². The molecule has 9 heteroatoms. The fraction of sp³-hybridized carbons (Fsp3) is 0.438. The van der Waals surface area contributed by atoms with Crippen molar-refractivity contribution < 1.29 is 9.59 Å². The Morgan fingerprint density at radius 1 is 1.44 bits per heavy atom. The fourth-order valence-electron chi connectivity index (χ4n) is 3.01. The number of nitrogens with one attached hydrogen (secondary N) is 2. The molecule has 0 unspecified atom stereocenters. The molecule has 0 spiro atoms. The summed E-state index contributed by atoms with van der Waals surface area (Å²) in [6.45, 7) is 0.866. The van der Waals surface area contributed by atoms with Crippen LogP contribution < -0.4 is 5.32 Å². The van der Waals surface area contributed by atoms with Crippen molar-refractivity contribution in [1.82, 2.24) is 25.2 Å². The van der Waals surface area contributed by atoms with Crippen molar-refractivity contribution in [3.05, 3.63) is 23.1 Å². The molecule has 1 saturated carbocycles. The molecule has 4 rings (SSSR count). The fourth-order valence-corrected chi connectivity index (χ4v) is 3.14. The predicted octanol–water partition coefficient (Wildman–Crippen LogP) is 1.10. The van der Waals surface area contributed by atoms with Gasteiger partial charge in [0.25, 0.3) is 5.91 Å². The summed E-state index contributed by atoms with van der Waals surface area (Å²) in [4.78, 5) is 38.0. The number of carbonyl (C=O) groups excluding carboxylic acids is 2. The maximum atomic E-state index is 12.7. The number of amides is 2. The highest BCUT2D eigenvalue weighted by atomic mass is 35.5.